The summed E-state index contributed by atoms with van der Waals surface area (Å²) in [6.45, 7) is 0.937. The van der Waals surface area contributed by atoms with E-state index in [2.05, 4.69) is 16.4 Å². The van der Waals surface area contributed by atoms with Gasteiger partial charge in [0.15, 0.2) is 0 Å². The first kappa shape index (κ1) is 11.3. The van der Waals surface area contributed by atoms with Crippen molar-refractivity contribution >= 4 is 17.6 Å². The quantitative estimate of drug-likeness (QED) is 0.871. The van der Waals surface area contributed by atoms with Crippen LogP contribution in [0.25, 0.3) is 0 Å². The minimum absolute atomic E-state index is 0.632. The largest absolute Gasteiger partial charge is 0.369 e. The third-order valence-electron chi connectivity index (χ3n) is 2.83. The Bertz CT molecular complexity index is 380. The second-order valence-electron chi connectivity index (χ2n) is 3.95. The Labute approximate surface area is 100 Å². The van der Waals surface area contributed by atoms with Gasteiger partial charge in [-0.1, -0.05) is 0 Å². The SMILES string of the molecule is N#Cc1cccnc1NCC1CCSCC1. The summed E-state index contributed by atoms with van der Waals surface area (Å²) in [4.78, 5) is 4.20. The number of anilines is 1. The number of nitriles is 1. The molecule has 0 aromatic carbocycles. The van der Waals surface area contributed by atoms with E-state index in [4.69, 9.17) is 5.26 Å². The van der Waals surface area contributed by atoms with Crippen LogP contribution in [0, 0.1) is 17.2 Å². The summed E-state index contributed by atoms with van der Waals surface area (Å²) < 4.78 is 0. The zero-order valence-electron chi connectivity index (χ0n) is 9.15. The third-order valence-corrected chi connectivity index (χ3v) is 3.88. The van der Waals surface area contributed by atoms with Crippen LogP contribution in [0.5, 0.6) is 0 Å². The molecule has 0 radical (unpaired) electrons. The van der Waals surface area contributed by atoms with Crippen molar-refractivity contribution in [1.82, 2.24) is 4.98 Å². The van der Waals surface area contributed by atoms with Crippen molar-refractivity contribution in [3.05, 3.63) is 23.9 Å². The number of thioether (sulfide) groups is 1. The molecule has 4 heteroatoms. The fourth-order valence-corrected chi connectivity index (χ4v) is 3.03. The molecule has 0 aliphatic carbocycles. The van der Waals surface area contributed by atoms with Crippen LogP contribution in [0.2, 0.25) is 0 Å². The average Bonchev–Trinajstić information content (AvgIpc) is 2.38. The van der Waals surface area contributed by atoms with Crippen LogP contribution < -0.4 is 5.32 Å². The normalized spacial score (nSPS) is 16.7. The lowest BCUT2D eigenvalue weighted by Gasteiger charge is -2.21. The van der Waals surface area contributed by atoms with E-state index in [1.165, 1.54) is 24.3 Å². The van der Waals surface area contributed by atoms with Gasteiger partial charge in [0.05, 0.1) is 5.56 Å². The molecule has 1 saturated heterocycles. The van der Waals surface area contributed by atoms with Gasteiger partial charge in [-0.2, -0.15) is 17.0 Å². The summed E-state index contributed by atoms with van der Waals surface area (Å²) in [5.74, 6) is 3.98. The molecule has 3 nitrogen and oxygen atoms in total. The molecule has 0 spiro atoms. The summed E-state index contributed by atoms with van der Waals surface area (Å²) in [6.07, 6.45) is 4.26. The number of hydrogen-bond donors (Lipinski definition) is 1. The monoisotopic (exact) mass is 233 g/mol. The maximum atomic E-state index is 8.92. The number of nitrogens with zero attached hydrogens (tertiary/aromatic N) is 2. The Morgan fingerprint density at radius 2 is 2.31 bits per heavy atom. The van der Waals surface area contributed by atoms with E-state index in [1.807, 2.05) is 11.8 Å². The fraction of sp³-hybridized carbons (Fsp3) is 0.500. The van der Waals surface area contributed by atoms with Crippen LogP contribution in [-0.4, -0.2) is 23.0 Å². The van der Waals surface area contributed by atoms with Gasteiger partial charge >= 0.3 is 0 Å². The predicted octanol–water partition coefficient (Wildman–Crippen LogP) is 2.51. The Kier molecular flexibility index (Phi) is 4.06. The average molecular weight is 233 g/mol. The molecule has 1 fully saturated rings. The number of nitrogens with one attached hydrogen (secondary N) is 1. The molecule has 1 N–H and O–H groups in total. The Balaban J connectivity index is 1.91. The van der Waals surface area contributed by atoms with E-state index < -0.39 is 0 Å². The van der Waals surface area contributed by atoms with Gasteiger partial charge < -0.3 is 5.32 Å². The first-order chi connectivity index (χ1) is 7.90. The van der Waals surface area contributed by atoms with Gasteiger partial charge in [0.25, 0.3) is 0 Å². The van der Waals surface area contributed by atoms with E-state index in [9.17, 15) is 0 Å². The highest BCUT2D eigenvalue weighted by atomic mass is 32.2. The minimum atomic E-state index is 0.632. The van der Waals surface area contributed by atoms with Gasteiger partial charge in [-0.15, -0.1) is 0 Å². The maximum Gasteiger partial charge on any atom is 0.143 e. The molecule has 0 unspecified atom stereocenters. The lowest BCUT2D eigenvalue weighted by molar-refractivity contribution is 0.515. The Morgan fingerprint density at radius 1 is 1.50 bits per heavy atom. The maximum absolute atomic E-state index is 8.92. The van der Waals surface area contributed by atoms with E-state index in [0.717, 1.165) is 18.3 Å². The molecule has 0 saturated carbocycles. The van der Waals surface area contributed by atoms with E-state index in [0.29, 0.717) is 5.56 Å². The van der Waals surface area contributed by atoms with Gasteiger partial charge in [-0.3, -0.25) is 0 Å². The molecule has 1 aromatic heterocycles. The van der Waals surface area contributed by atoms with Crippen LogP contribution in [0.15, 0.2) is 18.3 Å². The van der Waals surface area contributed by atoms with Gasteiger partial charge in [0, 0.05) is 12.7 Å². The molecule has 0 amide bonds. The lowest BCUT2D eigenvalue weighted by Crippen LogP contribution is -2.19. The molecule has 1 aromatic rings. The van der Waals surface area contributed by atoms with Gasteiger partial charge in [-0.25, -0.2) is 4.98 Å². The summed E-state index contributed by atoms with van der Waals surface area (Å²) >= 11 is 2.03. The van der Waals surface area contributed by atoms with Crippen molar-refractivity contribution in [2.75, 3.05) is 23.4 Å². The van der Waals surface area contributed by atoms with Crippen molar-refractivity contribution in [2.45, 2.75) is 12.8 Å². The molecule has 1 aliphatic rings. The summed E-state index contributed by atoms with van der Waals surface area (Å²) in [7, 11) is 0. The van der Waals surface area contributed by atoms with Crippen LogP contribution in [0.1, 0.15) is 18.4 Å². The van der Waals surface area contributed by atoms with Gasteiger partial charge in [-0.05, 0) is 42.4 Å². The molecular formula is C12H15N3S. The highest BCUT2D eigenvalue weighted by Crippen LogP contribution is 2.23. The zero-order chi connectivity index (χ0) is 11.2. The summed E-state index contributed by atoms with van der Waals surface area (Å²) in [5, 5.41) is 12.2. The smallest absolute Gasteiger partial charge is 0.143 e. The number of hydrogen-bond acceptors (Lipinski definition) is 4. The van der Waals surface area contributed by atoms with Crippen molar-refractivity contribution in [2.24, 2.45) is 5.92 Å². The zero-order valence-corrected chi connectivity index (χ0v) is 9.96. The Hall–Kier alpha value is -1.21. The minimum Gasteiger partial charge on any atom is -0.369 e. The molecule has 0 atom stereocenters. The molecule has 0 bridgehead atoms. The third kappa shape index (κ3) is 2.89. The molecule has 1 aliphatic heterocycles. The number of rotatable bonds is 3. The molecule has 16 heavy (non-hydrogen) atoms. The molecular weight excluding hydrogens is 218 g/mol. The van der Waals surface area contributed by atoms with Crippen molar-refractivity contribution in [3.63, 3.8) is 0 Å². The standard InChI is InChI=1S/C12H15N3S/c13-8-11-2-1-5-14-12(11)15-9-10-3-6-16-7-4-10/h1-2,5,10H,3-4,6-7,9H2,(H,14,15). The van der Waals surface area contributed by atoms with Crippen molar-refractivity contribution < 1.29 is 0 Å². The van der Waals surface area contributed by atoms with Crippen LogP contribution >= 0.6 is 11.8 Å². The predicted molar refractivity (Wildman–Crippen MR) is 67.5 cm³/mol. The summed E-state index contributed by atoms with van der Waals surface area (Å²) in [5.41, 5.74) is 0.632. The van der Waals surface area contributed by atoms with Gasteiger partial charge in [0.2, 0.25) is 0 Å². The van der Waals surface area contributed by atoms with E-state index in [1.54, 1.807) is 18.3 Å². The molecule has 2 heterocycles. The second-order valence-corrected chi connectivity index (χ2v) is 5.17. The Morgan fingerprint density at radius 3 is 3.06 bits per heavy atom. The highest BCUT2D eigenvalue weighted by molar-refractivity contribution is 7.99. The fourth-order valence-electron chi connectivity index (χ4n) is 1.83. The molecule has 84 valence electrons. The van der Waals surface area contributed by atoms with Crippen LogP contribution in [0.3, 0.4) is 0 Å². The topological polar surface area (TPSA) is 48.7 Å². The van der Waals surface area contributed by atoms with Crippen molar-refractivity contribution in [3.8, 4) is 6.07 Å². The van der Waals surface area contributed by atoms with E-state index >= 15 is 0 Å². The van der Waals surface area contributed by atoms with Crippen molar-refractivity contribution in [1.29, 1.82) is 5.26 Å². The second kappa shape index (κ2) is 5.76. The number of pyridine rings is 1. The molecule has 2 rings (SSSR count). The highest BCUT2D eigenvalue weighted by Gasteiger charge is 2.14. The van der Waals surface area contributed by atoms with Crippen LogP contribution in [0.4, 0.5) is 5.82 Å². The summed E-state index contributed by atoms with van der Waals surface area (Å²) in [6, 6.07) is 5.74. The lowest BCUT2D eigenvalue weighted by atomic mass is 10.0. The first-order valence-electron chi connectivity index (χ1n) is 5.57. The van der Waals surface area contributed by atoms with Crippen LogP contribution in [-0.2, 0) is 0 Å². The van der Waals surface area contributed by atoms with Gasteiger partial charge in [0.1, 0.15) is 11.9 Å². The van der Waals surface area contributed by atoms with E-state index in [-0.39, 0.29) is 0 Å². The number of aromatic nitrogens is 1. The first-order valence-corrected chi connectivity index (χ1v) is 6.72.